The number of rotatable bonds is 7. The predicted octanol–water partition coefficient (Wildman–Crippen LogP) is 5.15. The van der Waals surface area contributed by atoms with Gasteiger partial charge >= 0.3 is 11.9 Å². The second kappa shape index (κ2) is 9.43. The summed E-state index contributed by atoms with van der Waals surface area (Å²) in [5, 5.41) is 15.2. The molecule has 1 aromatic heterocycles. The Kier molecular flexibility index (Phi) is 6.71. The molecule has 1 heterocycles. The van der Waals surface area contributed by atoms with Crippen molar-refractivity contribution in [3.05, 3.63) is 69.8 Å². The van der Waals surface area contributed by atoms with E-state index in [0.717, 1.165) is 0 Å². The average molecular weight is 447 g/mol. The number of anilines is 4. The molecular weight excluding hydrogens is 431 g/mol. The van der Waals surface area contributed by atoms with Crippen LogP contribution in [-0.2, 0) is 4.74 Å². The Morgan fingerprint density at radius 2 is 1.73 bits per heavy atom. The average Bonchev–Trinajstić information content (AvgIpc) is 2.72. The fraction of sp³-hybridized carbons (Fsp3) is 0.100. The van der Waals surface area contributed by atoms with E-state index in [1.807, 2.05) is 0 Å². The van der Waals surface area contributed by atoms with Gasteiger partial charge in [0.15, 0.2) is 11.0 Å². The molecule has 30 heavy (non-hydrogen) atoms. The molecular formula is C20H16Cl2N4O4. The van der Waals surface area contributed by atoms with Crippen molar-refractivity contribution in [1.82, 2.24) is 9.97 Å². The summed E-state index contributed by atoms with van der Waals surface area (Å²) in [5.41, 5.74) is 1.35. The third-order valence-electron chi connectivity index (χ3n) is 3.87. The molecule has 0 bridgehead atoms. The zero-order chi connectivity index (χ0) is 21.7. The highest BCUT2D eigenvalue weighted by Crippen LogP contribution is 2.32. The van der Waals surface area contributed by atoms with Crippen LogP contribution in [0.25, 0.3) is 0 Å². The van der Waals surface area contributed by atoms with Crippen molar-refractivity contribution in [1.29, 1.82) is 0 Å². The van der Waals surface area contributed by atoms with Gasteiger partial charge in [-0.2, -0.15) is 9.97 Å². The Bertz CT molecular complexity index is 1090. The number of nitrogens with one attached hydrogen (secondary N) is 2. The molecule has 0 saturated heterocycles. The number of aromatic nitrogens is 2. The SMILES string of the molecule is CCOC(=O)c1ccc(Nc2nc(Cl)c(Cl)c(Nc3ccccc3C(=O)O)n2)cc1. The third kappa shape index (κ3) is 4.97. The Hall–Kier alpha value is -3.36. The van der Waals surface area contributed by atoms with Crippen LogP contribution in [0.5, 0.6) is 0 Å². The van der Waals surface area contributed by atoms with Gasteiger partial charge in [0.2, 0.25) is 5.95 Å². The zero-order valence-corrected chi connectivity index (χ0v) is 17.2. The lowest BCUT2D eigenvalue weighted by Crippen LogP contribution is -2.06. The second-order valence-electron chi connectivity index (χ2n) is 5.90. The molecule has 3 rings (SSSR count). The zero-order valence-electron chi connectivity index (χ0n) is 15.6. The van der Waals surface area contributed by atoms with E-state index in [2.05, 4.69) is 20.6 Å². The number of hydrogen-bond acceptors (Lipinski definition) is 7. The van der Waals surface area contributed by atoms with E-state index >= 15 is 0 Å². The number of nitrogens with zero attached hydrogens (tertiary/aromatic N) is 2. The summed E-state index contributed by atoms with van der Waals surface area (Å²) in [6, 6.07) is 12.8. The molecule has 0 aliphatic heterocycles. The van der Waals surface area contributed by atoms with Crippen LogP contribution in [0.1, 0.15) is 27.6 Å². The normalized spacial score (nSPS) is 10.4. The quantitative estimate of drug-likeness (QED) is 0.337. The fourth-order valence-electron chi connectivity index (χ4n) is 2.50. The molecule has 0 amide bonds. The Morgan fingerprint density at radius 3 is 2.40 bits per heavy atom. The Labute approximate surface area is 181 Å². The van der Waals surface area contributed by atoms with Crippen LogP contribution < -0.4 is 10.6 Å². The van der Waals surface area contributed by atoms with E-state index in [0.29, 0.717) is 16.9 Å². The number of benzene rings is 2. The maximum atomic E-state index is 11.7. The van der Waals surface area contributed by atoms with Crippen molar-refractivity contribution in [2.45, 2.75) is 6.92 Å². The summed E-state index contributed by atoms with van der Waals surface area (Å²) in [6.07, 6.45) is 0. The minimum atomic E-state index is -1.10. The van der Waals surface area contributed by atoms with Crippen molar-refractivity contribution >= 4 is 58.3 Å². The van der Waals surface area contributed by atoms with Gasteiger partial charge in [-0.3, -0.25) is 0 Å². The van der Waals surface area contributed by atoms with Gasteiger partial charge in [0.25, 0.3) is 0 Å². The van der Waals surface area contributed by atoms with Crippen molar-refractivity contribution in [3.8, 4) is 0 Å². The monoisotopic (exact) mass is 446 g/mol. The van der Waals surface area contributed by atoms with Gasteiger partial charge in [0.05, 0.1) is 23.4 Å². The molecule has 0 spiro atoms. The number of aromatic carboxylic acids is 1. The van der Waals surface area contributed by atoms with E-state index in [1.54, 1.807) is 49.4 Å². The second-order valence-corrected chi connectivity index (χ2v) is 6.64. The van der Waals surface area contributed by atoms with Gasteiger partial charge in [-0.15, -0.1) is 0 Å². The van der Waals surface area contributed by atoms with E-state index in [9.17, 15) is 14.7 Å². The van der Waals surface area contributed by atoms with Crippen LogP contribution in [0.15, 0.2) is 48.5 Å². The first-order valence-corrected chi connectivity index (χ1v) is 9.51. The molecule has 0 fully saturated rings. The first kappa shape index (κ1) is 21.4. The fourth-order valence-corrected chi connectivity index (χ4v) is 2.80. The summed E-state index contributed by atoms with van der Waals surface area (Å²) < 4.78 is 4.95. The van der Waals surface area contributed by atoms with Crippen molar-refractivity contribution in [2.75, 3.05) is 17.2 Å². The molecule has 0 unspecified atom stereocenters. The Morgan fingerprint density at radius 1 is 1.03 bits per heavy atom. The van der Waals surface area contributed by atoms with Crippen LogP contribution in [0.4, 0.5) is 23.1 Å². The van der Waals surface area contributed by atoms with Crippen LogP contribution in [0, 0.1) is 0 Å². The first-order chi connectivity index (χ1) is 14.4. The van der Waals surface area contributed by atoms with E-state index in [1.165, 1.54) is 6.07 Å². The predicted molar refractivity (Wildman–Crippen MR) is 114 cm³/mol. The molecule has 10 heteroatoms. The number of esters is 1. The number of carboxylic acids is 1. The number of halogens is 2. The summed E-state index contributed by atoms with van der Waals surface area (Å²) in [5.74, 6) is -1.26. The van der Waals surface area contributed by atoms with Gasteiger partial charge in [0.1, 0.15) is 5.02 Å². The number of carbonyl (C=O) groups excluding carboxylic acids is 1. The molecule has 0 aliphatic rings. The van der Waals surface area contributed by atoms with Crippen LogP contribution in [0.3, 0.4) is 0 Å². The van der Waals surface area contributed by atoms with Gasteiger partial charge in [-0.25, -0.2) is 9.59 Å². The summed E-state index contributed by atoms with van der Waals surface area (Å²) >= 11 is 12.3. The first-order valence-electron chi connectivity index (χ1n) is 8.75. The minimum Gasteiger partial charge on any atom is -0.478 e. The number of hydrogen-bond donors (Lipinski definition) is 3. The van der Waals surface area contributed by atoms with Gasteiger partial charge in [0, 0.05) is 5.69 Å². The molecule has 0 radical (unpaired) electrons. The smallest absolute Gasteiger partial charge is 0.338 e. The Balaban J connectivity index is 1.85. The standard InChI is InChI=1S/C20H16Cl2N4O4/c1-2-30-19(29)11-7-9-12(10-8-11)23-20-25-16(22)15(21)17(26-20)24-14-6-4-3-5-13(14)18(27)28/h3-10H,2H2,1H3,(H,27,28)(H2,23,24,25,26). The summed E-state index contributed by atoms with van der Waals surface area (Å²) in [4.78, 5) is 31.5. The maximum Gasteiger partial charge on any atom is 0.338 e. The van der Waals surface area contributed by atoms with Crippen LogP contribution in [0.2, 0.25) is 10.2 Å². The van der Waals surface area contributed by atoms with E-state index in [-0.39, 0.29) is 34.1 Å². The van der Waals surface area contributed by atoms with E-state index < -0.39 is 11.9 Å². The molecule has 3 aromatic rings. The highest BCUT2D eigenvalue weighted by molar-refractivity contribution is 6.42. The molecule has 154 valence electrons. The highest BCUT2D eigenvalue weighted by Gasteiger charge is 2.15. The van der Waals surface area contributed by atoms with Crippen LogP contribution >= 0.6 is 23.2 Å². The molecule has 0 aliphatic carbocycles. The number of carboxylic acid groups (broad SMARTS) is 1. The highest BCUT2D eigenvalue weighted by atomic mass is 35.5. The van der Waals surface area contributed by atoms with Crippen molar-refractivity contribution in [3.63, 3.8) is 0 Å². The third-order valence-corrected chi connectivity index (χ3v) is 4.60. The topological polar surface area (TPSA) is 113 Å². The number of para-hydroxylation sites is 1. The van der Waals surface area contributed by atoms with Crippen LogP contribution in [-0.4, -0.2) is 33.6 Å². The van der Waals surface area contributed by atoms with Gasteiger partial charge in [-0.1, -0.05) is 35.3 Å². The lowest BCUT2D eigenvalue weighted by molar-refractivity contribution is 0.0526. The molecule has 0 saturated carbocycles. The minimum absolute atomic E-state index is 0.0207. The van der Waals surface area contributed by atoms with Crippen molar-refractivity contribution < 1.29 is 19.4 Å². The molecule has 3 N–H and O–H groups in total. The lowest BCUT2D eigenvalue weighted by Gasteiger charge is -2.13. The maximum absolute atomic E-state index is 11.7. The van der Waals surface area contributed by atoms with Crippen molar-refractivity contribution in [2.24, 2.45) is 0 Å². The lowest BCUT2D eigenvalue weighted by atomic mass is 10.2. The summed E-state index contributed by atoms with van der Waals surface area (Å²) in [7, 11) is 0. The molecule has 2 aromatic carbocycles. The van der Waals surface area contributed by atoms with E-state index in [4.69, 9.17) is 27.9 Å². The summed E-state index contributed by atoms with van der Waals surface area (Å²) in [6.45, 7) is 2.02. The van der Waals surface area contributed by atoms with Gasteiger partial charge in [-0.05, 0) is 43.3 Å². The van der Waals surface area contributed by atoms with Gasteiger partial charge < -0.3 is 20.5 Å². The number of ether oxygens (including phenoxy) is 1. The largest absolute Gasteiger partial charge is 0.478 e. The molecule has 8 nitrogen and oxygen atoms in total. The number of carbonyl (C=O) groups is 2. The molecule has 0 atom stereocenters.